The van der Waals surface area contributed by atoms with E-state index < -0.39 is 11.9 Å². The molecule has 1 aliphatic rings. The number of carbonyl (C=O) groups is 2. The van der Waals surface area contributed by atoms with Crippen molar-refractivity contribution in [2.45, 2.75) is 38.5 Å². The molecule has 16 heavy (non-hydrogen) atoms. The molecule has 0 atom stereocenters. The first-order chi connectivity index (χ1) is 6.63. The van der Waals surface area contributed by atoms with Crippen LogP contribution in [0.4, 0.5) is 0 Å². The van der Waals surface area contributed by atoms with E-state index in [0.717, 1.165) is 0 Å². The molecule has 0 spiro atoms. The van der Waals surface area contributed by atoms with Gasteiger partial charge in [0, 0.05) is 12.2 Å². The van der Waals surface area contributed by atoms with Gasteiger partial charge in [0.1, 0.15) is 0 Å². The number of hydrogen-bond acceptors (Lipinski definition) is 4. The van der Waals surface area contributed by atoms with Gasteiger partial charge in [0.2, 0.25) is 0 Å². The highest BCUT2D eigenvalue weighted by atomic mass is 16.4. The van der Waals surface area contributed by atoms with Gasteiger partial charge in [-0.05, 0) is 0 Å². The molecule has 0 aromatic rings. The van der Waals surface area contributed by atoms with Gasteiger partial charge in [-0.25, -0.2) is 9.59 Å². The van der Waals surface area contributed by atoms with Gasteiger partial charge in [0.05, 0.1) is 0 Å². The molecule has 1 rings (SSSR count). The fraction of sp³-hybridized carbons (Fsp3) is 0.600. The summed E-state index contributed by atoms with van der Waals surface area (Å²) in [5.74, 6) is -2.51. The highest BCUT2D eigenvalue weighted by Gasteiger charge is 1.95. The number of carboxylic acids is 2. The van der Waals surface area contributed by atoms with Crippen LogP contribution in [0.3, 0.4) is 0 Å². The molecule has 0 unspecified atom stereocenters. The Kier molecular flexibility index (Phi) is 17.1. The minimum absolute atomic E-state index is 0. The molecule has 1 saturated carbocycles. The molecule has 8 N–H and O–H groups in total. The Bertz CT molecular complexity index is 185. The van der Waals surface area contributed by atoms with Crippen molar-refractivity contribution in [1.29, 1.82) is 0 Å². The molecule has 0 aromatic heterocycles. The van der Waals surface area contributed by atoms with Crippen LogP contribution in [0.5, 0.6) is 0 Å². The van der Waals surface area contributed by atoms with Crippen LogP contribution in [0.25, 0.3) is 0 Å². The molecular formula is C10H22N2O4. The van der Waals surface area contributed by atoms with Crippen molar-refractivity contribution in [2.24, 2.45) is 0 Å². The first-order valence-electron chi connectivity index (χ1n) is 4.77. The van der Waals surface area contributed by atoms with Crippen LogP contribution >= 0.6 is 0 Å². The molecule has 0 bridgehead atoms. The Labute approximate surface area is 95.5 Å². The number of carboxylic acid groups (broad SMARTS) is 2. The van der Waals surface area contributed by atoms with Gasteiger partial charge in [0.15, 0.2) is 0 Å². The standard InChI is InChI=1S/C6H12.C4H4O4.2H3N/c1-2-4-6-5-3-1;5-3(6)1-2-4(7)8;;/h1-6H2;1-2H,(H,5,6)(H,7,8);2*1H3/b;2-1-;;. The van der Waals surface area contributed by atoms with Crippen molar-refractivity contribution in [2.75, 3.05) is 0 Å². The zero-order valence-corrected chi connectivity index (χ0v) is 9.52. The van der Waals surface area contributed by atoms with Gasteiger partial charge >= 0.3 is 11.9 Å². The largest absolute Gasteiger partial charge is 0.478 e. The Morgan fingerprint density at radius 3 is 1.00 bits per heavy atom. The Morgan fingerprint density at radius 2 is 0.875 bits per heavy atom. The summed E-state index contributed by atoms with van der Waals surface area (Å²) in [7, 11) is 0. The van der Waals surface area contributed by atoms with E-state index in [1.165, 1.54) is 38.5 Å². The molecule has 0 aromatic carbocycles. The highest BCUT2D eigenvalue weighted by Crippen LogP contribution is 2.15. The molecule has 0 heterocycles. The Morgan fingerprint density at radius 1 is 0.688 bits per heavy atom. The van der Waals surface area contributed by atoms with Crippen LogP contribution < -0.4 is 12.3 Å². The normalized spacial score (nSPS) is 13.8. The van der Waals surface area contributed by atoms with Gasteiger partial charge in [-0.15, -0.1) is 0 Å². The van der Waals surface area contributed by atoms with Crippen molar-refractivity contribution in [3.63, 3.8) is 0 Å². The summed E-state index contributed by atoms with van der Waals surface area (Å²) in [4.78, 5) is 19.1. The first kappa shape index (κ1) is 20.1. The van der Waals surface area contributed by atoms with Gasteiger partial charge < -0.3 is 22.5 Å². The third-order valence-electron chi connectivity index (χ3n) is 1.87. The minimum Gasteiger partial charge on any atom is -0.478 e. The molecule has 6 heteroatoms. The van der Waals surface area contributed by atoms with Crippen LogP contribution in [0.2, 0.25) is 0 Å². The van der Waals surface area contributed by atoms with Crippen LogP contribution in [0.1, 0.15) is 38.5 Å². The molecule has 1 fully saturated rings. The van der Waals surface area contributed by atoms with E-state index in [1.807, 2.05) is 0 Å². The van der Waals surface area contributed by atoms with Crippen molar-refractivity contribution >= 4 is 11.9 Å². The first-order valence-corrected chi connectivity index (χ1v) is 4.77. The third kappa shape index (κ3) is 18.4. The van der Waals surface area contributed by atoms with E-state index in [2.05, 4.69) is 0 Å². The van der Waals surface area contributed by atoms with E-state index >= 15 is 0 Å². The van der Waals surface area contributed by atoms with Crippen LogP contribution in [-0.4, -0.2) is 22.2 Å². The van der Waals surface area contributed by atoms with E-state index in [0.29, 0.717) is 12.2 Å². The smallest absolute Gasteiger partial charge is 0.328 e. The highest BCUT2D eigenvalue weighted by molar-refractivity contribution is 5.89. The van der Waals surface area contributed by atoms with Gasteiger partial charge in [-0.2, -0.15) is 0 Å². The molecule has 6 nitrogen and oxygen atoms in total. The quantitative estimate of drug-likeness (QED) is 0.539. The topological polar surface area (TPSA) is 145 Å². The lowest BCUT2D eigenvalue weighted by atomic mass is 10.0. The second-order valence-electron chi connectivity index (χ2n) is 3.13. The number of aliphatic carboxylic acids is 2. The van der Waals surface area contributed by atoms with Crippen molar-refractivity contribution in [1.82, 2.24) is 12.3 Å². The predicted molar refractivity (Wildman–Crippen MR) is 62.2 cm³/mol. The van der Waals surface area contributed by atoms with Gasteiger partial charge in [-0.3, -0.25) is 0 Å². The predicted octanol–water partition coefficient (Wildman–Crippen LogP) is 2.38. The monoisotopic (exact) mass is 234 g/mol. The molecule has 0 aliphatic heterocycles. The number of rotatable bonds is 2. The summed E-state index contributed by atoms with van der Waals surface area (Å²) in [6, 6.07) is 0. The minimum atomic E-state index is -1.26. The summed E-state index contributed by atoms with van der Waals surface area (Å²) >= 11 is 0. The summed E-state index contributed by atoms with van der Waals surface area (Å²) in [5, 5.41) is 15.6. The molecular weight excluding hydrogens is 212 g/mol. The average Bonchev–Trinajstić information content (AvgIpc) is 2.18. The molecule has 0 amide bonds. The second kappa shape index (κ2) is 13.6. The Balaban J connectivity index is -0.000000192. The van der Waals surface area contributed by atoms with Crippen LogP contribution in [-0.2, 0) is 9.59 Å². The summed E-state index contributed by atoms with van der Waals surface area (Å²) in [6.07, 6.45) is 10.1. The summed E-state index contributed by atoms with van der Waals surface area (Å²) < 4.78 is 0. The van der Waals surface area contributed by atoms with E-state index in [9.17, 15) is 9.59 Å². The zero-order chi connectivity index (χ0) is 10.8. The molecule has 0 radical (unpaired) electrons. The van der Waals surface area contributed by atoms with Gasteiger partial charge in [-0.1, -0.05) is 38.5 Å². The zero-order valence-electron chi connectivity index (χ0n) is 9.52. The maximum absolute atomic E-state index is 9.55. The van der Waals surface area contributed by atoms with E-state index in [1.54, 1.807) is 0 Å². The van der Waals surface area contributed by atoms with Crippen molar-refractivity contribution in [3.05, 3.63) is 12.2 Å². The maximum Gasteiger partial charge on any atom is 0.328 e. The van der Waals surface area contributed by atoms with Gasteiger partial charge in [0.25, 0.3) is 0 Å². The molecule has 96 valence electrons. The average molecular weight is 234 g/mol. The van der Waals surface area contributed by atoms with Crippen LogP contribution in [0, 0.1) is 0 Å². The Hall–Kier alpha value is -1.40. The molecule has 0 saturated heterocycles. The fourth-order valence-corrected chi connectivity index (χ4v) is 1.20. The summed E-state index contributed by atoms with van der Waals surface area (Å²) in [5.41, 5.74) is 0. The van der Waals surface area contributed by atoms with Crippen LogP contribution in [0.15, 0.2) is 12.2 Å². The maximum atomic E-state index is 9.55. The van der Waals surface area contributed by atoms with Crippen molar-refractivity contribution < 1.29 is 19.8 Å². The SMILES string of the molecule is C1CCCCC1.N.N.O=C(O)/C=C\C(=O)O. The lowest BCUT2D eigenvalue weighted by molar-refractivity contribution is -0.134. The number of hydrogen-bond donors (Lipinski definition) is 4. The second-order valence-corrected chi connectivity index (χ2v) is 3.13. The van der Waals surface area contributed by atoms with E-state index in [-0.39, 0.29) is 12.3 Å². The lowest BCUT2D eigenvalue weighted by Crippen LogP contribution is -1.91. The van der Waals surface area contributed by atoms with E-state index in [4.69, 9.17) is 10.2 Å². The lowest BCUT2D eigenvalue weighted by Gasteiger charge is -2.05. The fourth-order valence-electron chi connectivity index (χ4n) is 1.20. The third-order valence-corrected chi connectivity index (χ3v) is 1.87. The summed E-state index contributed by atoms with van der Waals surface area (Å²) in [6.45, 7) is 0. The van der Waals surface area contributed by atoms with Crippen molar-refractivity contribution in [3.8, 4) is 0 Å². The molecule has 1 aliphatic carbocycles.